The van der Waals surface area contributed by atoms with Crippen LogP contribution in [0.5, 0.6) is 0 Å². The van der Waals surface area contributed by atoms with Gasteiger partial charge in [-0.1, -0.05) is 24.3 Å². The van der Waals surface area contributed by atoms with E-state index in [0.29, 0.717) is 12.1 Å². The van der Waals surface area contributed by atoms with Gasteiger partial charge in [0.05, 0.1) is 11.6 Å². The summed E-state index contributed by atoms with van der Waals surface area (Å²) in [6, 6.07) is 13.9. The van der Waals surface area contributed by atoms with Crippen LogP contribution in [-0.4, -0.2) is 34.9 Å². The van der Waals surface area contributed by atoms with Gasteiger partial charge in [-0.15, -0.1) is 0 Å². The summed E-state index contributed by atoms with van der Waals surface area (Å²) in [5.41, 5.74) is 4.93. The molecule has 0 bridgehead atoms. The molecule has 1 amide bonds. The average Bonchev–Trinajstić information content (AvgIpc) is 3.29. The topological polar surface area (TPSA) is 56.1 Å². The molecular weight excluding hydrogens is 326 g/mol. The maximum Gasteiger partial charge on any atom is 0.251 e. The predicted octanol–water partition coefficient (Wildman–Crippen LogP) is 3.46. The minimum absolute atomic E-state index is 0.0610. The van der Waals surface area contributed by atoms with Crippen molar-refractivity contribution in [2.75, 3.05) is 13.2 Å². The Morgan fingerprint density at radius 3 is 2.81 bits per heavy atom. The van der Waals surface area contributed by atoms with Gasteiger partial charge in [0.1, 0.15) is 5.69 Å². The molecule has 26 heavy (non-hydrogen) atoms. The third kappa shape index (κ3) is 3.10. The van der Waals surface area contributed by atoms with E-state index in [0.717, 1.165) is 41.6 Å². The number of hydrogen-bond acceptors (Lipinski definition) is 3. The first-order chi connectivity index (χ1) is 12.6. The Balaban J connectivity index is 1.55. The van der Waals surface area contributed by atoms with Crippen molar-refractivity contribution in [3.63, 3.8) is 0 Å². The number of aromatic nitrogens is 2. The quantitative estimate of drug-likeness (QED) is 0.785. The third-order valence-electron chi connectivity index (χ3n) is 5.02. The second-order valence-corrected chi connectivity index (χ2v) is 6.86. The van der Waals surface area contributed by atoms with E-state index in [2.05, 4.69) is 29.5 Å². The molecule has 1 aliphatic rings. The van der Waals surface area contributed by atoms with Gasteiger partial charge in [-0.3, -0.25) is 9.48 Å². The summed E-state index contributed by atoms with van der Waals surface area (Å²) in [5, 5.41) is 8.80. The van der Waals surface area contributed by atoms with Crippen molar-refractivity contribution >= 4 is 16.8 Å². The fourth-order valence-corrected chi connectivity index (χ4v) is 3.58. The van der Waals surface area contributed by atoms with Gasteiger partial charge >= 0.3 is 0 Å². The van der Waals surface area contributed by atoms with E-state index in [1.165, 1.54) is 5.56 Å². The van der Waals surface area contributed by atoms with Gasteiger partial charge < -0.3 is 10.1 Å². The monoisotopic (exact) mass is 349 g/mol. The number of carbonyl (C=O) groups is 1. The van der Waals surface area contributed by atoms with E-state index in [-0.39, 0.29) is 12.0 Å². The van der Waals surface area contributed by atoms with Crippen LogP contribution in [0.15, 0.2) is 42.5 Å². The van der Waals surface area contributed by atoms with E-state index < -0.39 is 0 Å². The molecule has 0 saturated carbocycles. The van der Waals surface area contributed by atoms with Gasteiger partial charge in [-0.25, -0.2) is 0 Å². The smallest absolute Gasteiger partial charge is 0.251 e. The lowest BCUT2D eigenvalue weighted by molar-refractivity contribution is 0.0858. The second-order valence-electron chi connectivity index (χ2n) is 6.86. The molecule has 2 aromatic carbocycles. The fraction of sp³-hybridized carbons (Fsp3) is 0.333. The standard InChI is InChI=1S/C21H23N3O2/c1-14-5-3-7-18-19(14)20(23-24(18)2)15-8-10-16(11-9-15)21(25)22-13-17-6-4-12-26-17/h3,5,7-11,17H,4,6,12-13H2,1-2H3,(H,22,25). The Bertz CT molecular complexity index is 938. The highest BCUT2D eigenvalue weighted by Gasteiger charge is 2.17. The first-order valence-electron chi connectivity index (χ1n) is 9.06. The number of nitrogens with zero attached hydrogens (tertiary/aromatic N) is 2. The molecule has 1 aliphatic heterocycles. The molecule has 1 unspecified atom stereocenters. The van der Waals surface area contributed by atoms with Crippen molar-refractivity contribution in [3.8, 4) is 11.3 Å². The Kier molecular flexibility index (Phi) is 4.47. The van der Waals surface area contributed by atoms with Crippen molar-refractivity contribution in [3.05, 3.63) is 53.6 Å². The minimum atomic E-state index is -0.0610. The van der Waals surface area contributed by atoms with Crippen molar-refractivity contribution in [1.82, 2.24) is 15.1 Å². The van der Waals surface area contributed by atoms with Crippen molar-refractivity contribution < 1.29 is 9.53 Å². The first-order valence-corrected chi connectivity index (χ1v) is 9.06. The molecular formula is C21H23N3O2. The Morgan fingerprint density at radius 1 is 1.27 bits per heavy atom. The number of aryl methyl sites for hydroxylation is 2. The fourth-order valence-electron chi connectivity index (χ4n) is 3.58. The zero-order valence-electron chi connectivity index (χ0n) is 15.2. The number of rotatable bonds is 4. The van der Waals surface area contributed by atoms with Crippen LogP contribution in [0.1, 0.15) is 28.8 Å². The number of benzene rings is 2. The molecule has 0 spiro atoms. The van der Waals surface area contributed by atoms with Gasteiger partial charge in [0, 0.05) is 36.7 Å². The van der Waals surface area contributed by atoms with Gasteiger partial charge in [-0.2, -0.15) is 5.10 Å². The van der Waals surface area contributed by atoms with Crippen LogP contribution in [0.2, 0.25) is 0 Å². The average molecular weight is 349 g/mol. The lowest BCUT2D eigenvalue weighted by Gasteiger charge is -2.11. The van der Waals surface area contributed by atoms with Crippen LogP contribution in [0, 0.1) is 6.92 Å². The Morgan fingerprint density at radius 2 is 2.08 bits per heavy atom. The number of ether oxygens (including phenoxy) is 1. The third-order valence-corrected chi connectivity index (χ3v) is 5.02. The largest absolute Gasteiger partial charge is 0.376 e. The van der Waals surface area contributed by atoms with Crippen molar-refractivity contribution in [2.24, 2.45) is 7.05 Å². The first kappa shape index (κ1) is 16.8. The summed E-state index contributed by atoms with van der Waals surface area (Å²) in [6.07, 6.45) is 2.25. The van der Waals surface area contributed by atoms with Crippen molar-refractivity contribution in [2.45, 2.75) is 25.9 Å². The number of hydrogen-bond donors (Lipinski definition) is 1. The van der Waals surface area contributed by atoms with Crippen LogP contribution in [0.25, 0.3) is 22.2 Å². The van der Waals surface area contributed by atoms with E-state index in [1.54, 1.807) is 0 Å². The van der Waals surface area contributed by atoms with Gasteiger partial charge in [0.2, 0.25) is 0 Å². The minimum Gasteiger partial charge on any atom is -0.376 e. The molecule has 0 radical (unpaired) electrons. The summed E-state index contributed by atoms with van der Waals surface area (Å²) in [5.74, 6) is -0.0610. The van der Waals surface area contributed by atoms with E-state index in [4.69, 9.17) is 4.74 Å². The van der Waals surface area contributed by atoms with Gasteiger partial charge in [-0.05, 0) is 43.5 Å². The van der Waals surface area contributed by atoms with Gasteiger partial charge in [0.15, 0.2) is 0 Å². The summed E-state index contributed by atoms with van der Waals surface area (Å²) >= 11 is 0. The summed E-state index contributed by atoms with van der Waals surface area (Å²) in [7, 11) is 1.96. The van der Waals surface area contributed by atoms with E-state index in [1.807, 2.05) is 42.1 Å². The molecule has 5 nitrogen and oxygen atoms in total. The number of nitrogens with one attached hydrogen (secondary N) is 1. The highest BCUT2D eigenvalue weighted by atomic mass is 16.5. The summed E-state index contributed by atoms with van der Waals surface area (Å²) in [4.78, 5) is 12.3. The highest BCUT2D eigenvalue weighted by Crippen LogP contribution is 2.30. The molecule has 1 fully saturated rings. The van der Waals surface area contributed by atoms with Crippen LogP contribution in [0.3, 0.4) is 0 Å². The number of fused-ring (bicyclic) bond motifs is 1. The lowest BCUT2D eigenvalue weighted by Crippen LogP contribution is -2.31. The zero-order chi connectivity index (χ0) is 18.1. The van der Waals surface area contributed by atoms with Gasteiger partial charge in [0.25, 0.3) is 5.91 Å². The molecule has 2 heterocycles. The Hall–Kier alpha value is -2.66. The van der Waals surface area contributed by atoms with Crippen LogP contribution in [0.4, 0.5) is 0 Å². The summed E-state index contributed by atoms with van der Waals surface area (Å²) in [6.45, 7) is 3.47. The molecule has 1 atom stereocenters. The maximum atomic E-state index is 12.3. The predicted molar refractivity (Wildman–Crippen MR) is 102 cm³/mol. The maximum absolute atomic E-state index is 12.3. The SMILES string of the molecule is Cc1cccc2c1c(-c1ccc(C(=O)NCC3CCCO3)cc1)nn2C. The lowest BCUT2D eigenvalue weighted by atomic mass is 10.0. The summed E-state index contributed by atoms with van der Waals surface area (Å²) < 4.78 is 7.45. The molecule has 5 heteroatoms. The van der Waals surface area contributed by atoms with Crippen LogP contribution < -0.4 is 5.32 Å². The molecule has 3 aromatic rings. The normalized spacial score (nSPS) is 16.9. The van der Waals surface area contributed by atoms with Crippen LogP contribution in [-0.2, 0) is 11.8 Å². The molecule has 4 rings (SSSR count). The Labute approximate surface area is 153 Å². The molecule has 1 N–H and O–H groups in total. The molecule has 1 saturated heterocycles. The van der Waals surface area contributed by atoms with E-state index >= 15 is 0 Å². The zero-order valence-corrected chi connectivity index (χ0v) is 15.2. The van der Waals surface area contributed by atoms with Crippen LogP contribution >= 0.6 is 0 Å². The molecule has 0 aliphatic carbocycles. The van der Waals surface area contributed by atoms with Crippen molar-refractivity contribution in [1.29, 1.82) is 0 Å². The highest BCUT2D eigenvalue weighted by molar-refractivity contribution is 5.97. The molecule has 1 aromatic heterocycles. The number of carbonyl (C=O) groups excluding carboxylic acids is 1. The second kappa shape index (κ2) is 6.92. The van der Waals surface area contributed by atoms with E-state index in [9.17, 15) is 4.79 Å². The number of amides is 1. The molecule has 134 valence electrons.